The summed E-state index contributed by atoms with van der Waals surface area (Å²) < 4.78 is 5.41. The van der Waals surface area contributed by atoms with Gasteiger partial charge in [-0.1, -0.05) is 18.9 Å². The molecule has 160 valence electrons. The summed E-state index contributed by atoms with van der Waals surface area (Å²) in [7, 11) is 0. The van der Waals surface area contributed by atoms with Gasteiger partial charge in [0.2, 0.25) is 0 Å². The van der Waals surface area contributed by atoms with Gasteiger partial charge in [-0.05, 0) is 57.0 Å². The minimum atomic E-state index is -0.402. The number of hydrogen-bond donors (Lipinski definition) is 2. The second kappa shape index (κ2) is 10.1. The summed E-state index contributed by atoms with van der Waals surface area (Å²) in [4.78, 5) is 31.9. The second-order valence-electron chi connectivity index (χ2n) is 7.86. The number of nitrogens with one attached hydrogen (secondary N) is 2. The van der Waals surface area contributed by atoms with E-state index in [9.17, 15) is 9.59 Å². The van der Waals surface area contributed by atoms with Crippen LogP contribution in [-0.4, -0.2) is 47.5 Å². The third kappa shape index (κ3) is 5.65. The summed E-state index contributed by atoms with van der Waals surface area (Å²) in [5, 5.41) is 8.32. The highest BCUT2D eigenvalue weighted by atomic mass is 32.1. The number of aromatic nitrogens is 1. The number of anilines is 2. The molecule has 2 fully saturated rings. The predicted octanol–water partition coefficient (Wildman–Crippen LogP) is 3.89. The van der Waals surface area contributed by atoms with E-state index in [1.807, 2.05) is 5.38 Å². The first-order chi connectivity index (χ1) is 14.7. The van der Waals surface area contributed by atoms with Crippen molar-refractivity contribution >= 4 is 34.0 Å². The molecule has 2 amide bonds. The molecule has 0 saturated carbocycles. The fraction of sp³-hybridized carbons (Fsp3) is 0.500. The van der Waals surface area contributed by atoms with Gasteiger partial charge in [0.15, 0.2) is 5.13 Å². The highest BCUT2D eigenvalue weighted by Gasteiger charge is 2.23. The summed E-state index contributed by atoms with van der Waals surface area (Å²) in [5.41, 5.74) is 2.06. The molecule has 0 radical (unpaired) electrons. The van der Waals surface area contributed by atoms with Crippen LogP contribution in [0.2, 0.25) is 0 Å². The van der Waals surface area contributed by atoms with Gasteiger partial charge in [0.05, 0.1) is 5.69 Å². The Morgan fingerprint density at radius 2 is 1.97 bits per heavy atom. The molecule has 2 N–H and O–H groups in total. The Labute approximate surface area is 180 Å². The molecular formula is C22H28N4O3S. The van der Waals surface area contributed by atoms with Crippen LogP contribution >= 0.6 is 11.3 Å². The van der Waals surface area contributed by atoms with Crippen LogP contribution in [0, 0.1) is 0 Å². The quantitative estimate of drug-likeness (QED) is 0.729. The van der Waals surface area contributed by atoms with E-state index in [1.165, 1.54) is 37.0 Å². The van der Waals surface area contributed by atoms with Crippen molar-refractivity contribution in [2.45, 2.75) is 51.2 Å². The smallest absolute Gasteiger partial charge is 0.257 e. The van der Waals surface area contributed by atoms with Gasteiger partial charge in [-0.2, -0.15) is 0 Å². The van der Waals surface area contributed by atoms with Crippen molar-refractivity contribution in [3.05, 3.63) is 40.9 Å². The molecule has 1 aromatic carbocycles. The third-order valence-corrected chi connectivity index (χ3v) is 6.28. The van der Waals surface area contributed by atoms with Gasteiger partial charge in [-0.15, -0.1) is 11.3 Å². The molecule has 2 saturated heterocycles. The van der Waals surface area contributed by atoms with Gasteiger partial charge in [0.25, 0.3) is 11.8 Å². The van der Waals surface area contributed by atoms with E-state index in [0.29, 0.717) is 23.0 Å². The van der Waals surface area contributed by atoms with E-state index >= 15 is 0 Å². The van der Waals surface area contributed by atoms with Gasteiger partial charge in [0.1, 0.15) is 6.10 Å². The zero-order chi connectivity index (χ0) is 20.8. The van der Waals surface area contributed by atoms with E-state index in [4.69, 9.17) is 4.74 Å². The average molecular weight is 429 g/mol. The monoisotopic (exact) mass is 428 g/mol. The van der Waals surface area contributed by atoms with E-state index in [0.717, 1.165) is 38.2 Å². The summed E-state index contributed by atoms with van der Waals surface area (Å²) >= 11 is 1.44. The lowest BCUT2D eigenvalue weighted by molar-refractivity contribution is -0.124. The maximum Gasteiger partial charge on any atom is 0.257 e. The molecule has 0 spiro atoms. The number of rotatable bonds is 6. The van der Waals surface area contributed by atoms with Gasteiger partial charge in [-0.3, -0.25) is 19.8 Å². The number of hydrogen-bond acceptors (Lipinski definition) is 6. The topological polar surface area (TPSA) is 83.6 Å². The molecule has 3 heterocycles. The van der Waals surface area contributed by atoms with Crippen molar-refractivity contribution in [3.8, 4) is 0 Å². The van der Waals surface area contributed by atoms with Crippen LogP contribution in [0.1, 0.15) is 54.6 Å². The molecule has 0 bridgehead atoms. The molecule has 30 heavy (non-hydrogen) atoms. The average Bonchev–Trinajstić information content (AvgIpc) is 3.37. The van der Waals surface area contributed by atoms with Crippen LogP contribution in [0.5, 0.6) is 0 Å². The Bertz CT molecular complexity index is 871. The first-order valence-corrected chi connectivity index (χ1v) is 11.6. The molecule has 2 aliphatic heterocycles. The Morgan fingerprint density at radius 1 is 1.13 bits per heavy atom. The number of carbonyl (C=O) groups excluding carboxylic acids is 2. The maximum atomic E-state index is 12.7. The molecular weight excluding hydrogens is 400 g/mol. The number of thiazole rings is 1. The molecule has 4 rings (SSSR count). The van der Waals surface area contributed by atoms with Crippen molar-refractivity contribution < 1.29 is 14.3 Å². The Kier molecular flexibility index (Phi) is 7.09. The molecule has 7 nitrogen and oxygen atoms in total. The Morgan fingerprint density at radius 3 is 2.73 bits per heavy atom. The number of amides is 2. The highest BCUT2D eigenvalue weighted by molar-refractivity contribution is 7.14. The van der Waals surface area contributed by atoms with Gasteiger partial charge >= 0.3 is 0 Å². The fourth-order valence-electron chi connectivity index (χ4n) is 3.88. The molecule has 1 aromatic heterocycles. The van der Waals surface area contributed by atoms with Crippen LogP contribution in [0.15, 0.2) is 29.6 Å². The Balaban J connectivity index is 1.33. The van der Waals surface area contributed by atoms with Gasteiger partial charge < -0.3 is 10.1 Å². The van der Waals surface area contributed by atoms with E-state index in [1.54, 1.807) is 24.3 Å². The number of ether oxygens (including phenoxy) is 1. The van der Waals surface area contributed by atoms with Gasteiger partial charge in [-0.25, -0.2) is 4.98 Å². The lowest BCUT2D eigenvalue weighted by atomic mass is 10.1. The van der Waals surface area contributed by atoms with Crippen LogP contribution < -0.4 is 10.6 Å². The number of carbonyl (C=O) groups is 2. The zero-order valence-electron chi connectivity index (χ0n) is 17.1. The molecule has 0 aliphatic carbocycles. The van der Waals surface area contributed by atoms with Crippen molar-refractivity contribution in [3.63, 3.8) is 0 Å². The Hall–Kier alpha value is -2.29. The van der Waals surface area contributed by atoms with E-state index < -0.39 is 6.10 Å². The minimum Gasteiger partial charge on any atom is -0.368 e. The first-order valence-electron chi connectivity index (χ1n) is 10.7. The first kappa shape index (κ1) is 21.0. The fourth-order valence-corrected chi connectivity index (χ4v) is 4.57. The summed E-state index contributed by atoms with van der Waals surface area (Å²) in [6.45, 7) is 3.68. The summed E-state index contributed by atoms with van der Waals surface area (Å²) in [6, 6.07) is 6.93. The largest absolute Gasteiger partial charge is 0.368 e. The third-order valence-electron chi connectivity index (χ3n) is 5.47. The van der Waals surface area contributed by atoms with Crippen molar-refractivity contribution in [2.24, 2.45) is 0 Å². The summed E-state index contributed by atoms with van der Waals surface area (Å²) in [5.74, 6) is -0.401. The normalized spacial score (nSPS) is 19.9. The van der Waals surface area contributed by atoms with Gasteiger partial charge in [0, 0.05) is 29.8 Å². The number of likely N-dealkylation sites (tertiary alicyclic amines) is 1. The zero-order valence-corrected chi connectivity index (χ0v) is 17.9. The maximum absolute atomic E-state index is 12.7. The minimum absolute atomic E-state index is 0.164. The SMILES string of the molecule is O=C(Nc1nc(CN2CCCCCC2)cs1)c1cccc(NC(=O)[C@@H]2CCCO2)c1. The second-order valence-corrected chi connectivity index (χ2v) is 8.72. The predicted molar refractivity (Wildman–Crippen MR) is 118 cm³/mol. The molecule has 1 atom stereocenters. The van der Waals surface area contributed by atoms with Crippen LogP contribution in [0.3, 0.4) is 0 Å². The molecule has 2 aromatic rings. The molecule has 0 unspecified atom stereocenters. The number of nitrogens with zero attached hydrogens (tertiary/aromatic N) is 2. The number of benzene rings is 1. The van der Waals surface area contributed by atoms with E-state index in [2.05, 4.69) is 20.5 Å². The highest BCUT2D eigenvalue weighted by Crippen LogP contribution is 2.21. The van der Waals surface area contributed by atoms with Crippen molar-refractivity contribution in [2.75, 3.05) is 30.3 Å². The van der Waals surface area contributed by atoms with Crippen LogP contribution in [-0.2, 0) is 16.1 Å². The summed E-state index contributed by atoms with van der Waals surface area (Å²) in [6.07, 6.45) is 6.33. The van der Waals surface area contributed by atoms with Crippen LogP contribution in [0.4, 0.5) is 10.8 Å². The lowest BCUT2D eigenvalue weighted by Gasteiger charge is -2.17. The van der Waals surface area contributed by atoms with Crippen LogP contribution in [0.25, 0.3) is 0 Å². The lowest BCUT2D eigenvalue weighted by Crippen LogP contribution is -2.27. The standard InChI is InChI=1S/C22H28N4O3S/c27-20(16-7-5-8-17(13-16)23-21(28)19-9-6-12-29-19)25-22-24-18(15-30-22)14-26-10-3-1-2-4-11-26/h5,7-8,13,15,19H,1-4,6,9-12,14H2,(H,23,28)(H,24,25,27)/t19-/m0/s1. The van der Waals surface area contributed by atoms with Crippen molar-refractivity contribution in [1.29, 1.82) is 0 Å². The van der Waals surface area contributed by atoms with E-state index in [-0.39, 0.29) is 11.8 Å². The van der Waals surface area contributed by atoms with Crippen molar-refractivity contribution in [1.82, 2.24) is 9.88 Å². The molecule has 2 aliphatic rings. The molecule has 8 heteroatoms.